The van der Waals surface area contributed by atoms with Crippen LogP contribution >= 0.6 is 0 Å². The maximum Gasteiger partial charge on any atom is 0.329 e. The van der Waals surface area contributed by atoms with Gasteiger partial charge < -0.3 is 10.0 Å². The molecule has 0 amide bonds. The minimum absolute atomic E-state index is 0.582. The predicted molar refractivity (Wildman–Crippen MR) is 59.3 cm³/mol. The molecule has 1 aliphatic rings. The van der Waals surface area contributed by atoms with Crippen LogP contribution in [0.1, 0.15) is 26.2 Å². The molecule has 5 heteroatoms. The first-order valence-electron chi connectivity index (χ1n) is 5.48. The first kappa shape index (κ1) is 10.9. The molecule has 1 unspecified atom stereocenters. The third-order valence-electron chi connectivity index (χ3n) is 3.30. The predicted octanol–water partition coefficient (Wildman–Crippen LogP) is 1.31. The number of carboxylic acids is 1. The standard InChI is InChI=1S/C11H15N3O2/c1-2-11(10(15)16)4-3-7-14(11)9-8-12-5-6-13-9/h5-6,8H,2-4,7H2,1H3,(H,15,16). The van der Waals surface area contributed by atoms with E-state index in [2.05, 4.69) is 9.97 Å². The van der Waals surface area contributed by atoms with Gasteiger partial charge in [0.25, 0.3) is 0 Å². The zero-order valence-corrected chi connectivity index (χ0v) is 9.26. The molecule has 1 saturated heterocycles. The van der Waals surface area contributed by atoms with Gasteiger partial charge in [0, 0.05) is 18.9 Å². The Kier molecular flexibility index (Phi) is 2.77. The lowest BCUT2D eigenvalue weighted by atomic mass is 9.93. The molecule has 2 heterocycles. The fourth-order valence-electron chi connectivity index (χ4n) is 2.38. The first-order chi connectivity index (χ1) is 7.70. The Labute approximate surface area is 94.1 Å². The van der Waals surface area contributed by atoms with Crippen LogP contribution in [-0.4, -0.2) is 33.1 Å². The molecule has 5 nitrogen and oxygen atoms in total. The van der Waals surface area contributed by atoms with E-state index in [1.807, 2.05) is 11.8 Å². The second-order valence-electron chi connectivity index (χ2n) is 4.01. The summed E-state index contributed by atoms with van der Waals surface area (Å²) in [5.41, 5.74) is -0.796. The number of hydrogen-bond donors (Lipinski definition) is 1. The fraction of sp³-hybridized carbons (Fsp3) is 0.545. The van der Waals surface area contributed by atoms with Gasteiger partial charge in [0.2, 0.25) is 0 Å². The van der Waals surface area contributed by atoms with Gasteiger partial charge >= 0.3 is 5.97 Å². The fourth-order valence-corrected chi connectivity index (χ4v) is 2.38. The number of hydrogen-bond acceptors (Lipinski definition) is 4. The van der Waals surface area contributed by atoms with Crippen molar-refractivity contribution in [3.05, 3.63) is 18.6 Å². The third-order valence-corrected chi connectivity index (χ3v) is 3.30. The van der Waals surface area contributed by atoms with Gasteiger partial charge in [-0.15, -0.1) is 0 Å². The minimum atomic E-state index is -0.796. The van der Waals surface area contributed by atoms with Gasteiger partial charge in [-0.3, -0.25) is 4.98 Å². The Morgan fingerprint density at radius 3 is 3.00 bits per heavy atom. The molecule has 1 atom stereocenters. The molecule has 0 saturated carbocycles. The molecule has 1 fully saturated rings. The number of carboxylic acid groups (broad SMARTS) is 1. The maximum atomic E-state index is 11.4. The molecule has 1 aliphatic heterocycles. The molecule has 1 N–H and O–H groups in total. The summed E-state index contributed by atoms with van der Waals surface area (Å²) < 4.78 is 0. The van der Waals surface area contributed by atoms with Crippen LogP contribution in [0, 0.1) is 0 Å². The Balaban J connectivity index is 2.37. The highest BCUT2D eigenvalue weighted by molar-refractivity contribution is 5.83. The molecular weight excluding hydrogens is 206 g/mol. The quantitative estimate of drug-likeness (QED) is 0.833. The van der Waals surface area contributed by atoms with Gasteiger partial charge in [-0.2, -0.15) is 0 Å². The van der Waals surface area contributed by atoms with E-state index in [1.54, 1.807) is 18.6 Å². The lowest BCUT2D eigenvalue weighted by Gasteiger charge is -2.34. The van der Waals surface area contributed by atoms with Crippen LogP contribution in [0.5, 0.6) is 0 Å². The second-order valence-corrected chi connectivity index (χ2v) is 4.01. The number of rotatable bonds is 3. The molecule has 2 rings (SSSR count). The summed E-state index contributed by atoms with van der Waals surface area (Å²) >= 11 is 0. The SMILES string of the molecule is CCC1(C(=O)O)CCCN1c1cnccn1. The van der Waals surface area contributed by atoms with Gasteiger partial charge in [0.1, 0.15) is 11.4 Å². The normalized spacial score (nSPS) is 24.7. The van der Waals surface area contributed by atoms with Crippen molar-refractivity contribution in [3.8, 4) is 0 Å². The number of aromatic nitrogens is 2. The summed E-state index contributed by atoms with van der Waals surface area (Å²) in [4.78, 5) is 21.5. The van der Waals surface area contributed by atoms with E-state index in [0.29, 0.717) is 18.7 Å². The van der Waals surface area contributed by atoms with Crippen molar-refractivity contribution in [2.75, 3.05) is 11.4 Å². The Bertz CT molecular complexity index is 382. The molecule has 0 bridgehead atoms. The molecular formula is C11H15N3O2. The number of aliphatic carboxylic acids is 1. The van der Waals surface area contributed by atoms with Gasteiger partial charge in [0.05, 0.1) is 6.20 Å². The van der Waals surface area contributed by atoms with E-state index in [9.17, 15) is 9.90 Å². The maximum absolute atomic E-state index is 11.4. The van der Waals surface area contributed by atoms with Crippen LogP contribution < -0.4 is 4.90 Å². The number of carbonyl (C=O) groups is 1. The van der Waals surface area contributed by atoms with Gasteiger partial charge in [-0.1, -0.05) is 6.92 Å². The van der Waals surface area contributed by atoms with Gasteiger partial charge in [-0.25, -0.2) is 9.78 Å². The minimum Gasteiger partial charge on any atom is -0.479 e. The Hall–Kier alpha value is -1.65. The molecule has 0 aromatic carbocycles. The van der Waals surface area contributed by atoms with Crippen molar-refractivity contribution in [1.82, 2.24) is 9.97 Å². The molecule has 1 aromatic heterocycles. The van der Waals surface area contributed by atoms with Crippen LogP contribution in [0.25, 0.3) is 0 Å². The van der Waals surface area contributed by atoms with Crippen molar-refractivity contribution in [2.24, 2.45) is 0 Å². The van der Waals surface area contributed by atoms with Crippen LogP contribution in [0.4, 0.5) is 5.82 Å². The monoisotopic (exact) mass is 221 g/mol. The smallest absolute Gasteiger partial charge is 0.329 e. The molecule has 86 valence electrons. The van der Waals surface area contributed by atoms with Crippen LogP contribution in [-0.2, 0) is 4.79 Å². The van der Waals surface area contributed by atoms with Crippen LogP contribution in [0.2, 0.25) is 0 Å². The summed E-state index contributed by atoms with van der Waals surface area (Å²) in [6.45, 7) is 2.64. The average Bonchev–Trinajstić information content (AvgIpc) is 2.75. The van der Waals surface area contributed by atoms with Gasteiger partial charge in [0.15, 0.2) is 0 Å². The lowest BCUT2D eigenvalue weighted by Crippen LogP contribution is -2.50. The Morgan fingerprint density at radius 1 is 1.62 bits per heavy atom. The lowest BCUT2D eigenvalue weighted by molar-refractivity contribution is -0.143. The molecule has 16 heavy (non-hydrogen) atoms. The van der Waals surface area contributed by atoms with E-state index in [0.717, 1.165) is 13.0 Å². The number of nitrogens with zero attached hydrogens (tertiary/aromatic N) is 3. The molecule has 0 radical (unpaired) electrons. The Morgan fingerprint density at radius 2 is 2.44 bits per heavy atom. The molecule has 0 spiro atoms. The molecule has 0 aliphatic carbocycles. The van der Waals surface area contributed by atoms with Crippen molar-refractivity contribution < 1.29 is 9.90 Å². The highest BCUT2D eigenvalue weighted by Crippen LogP contribution is 2.35. The van der Waals surface area contributed by atoms with Crippen LogP contribution in [0.15, 0.2) is 18.6 Å². The van der Waals surface area contributed by atoms with E-state index in [1.165, 1.54) is 0 Å². The van der Waals surface area contributed by atoms with E-state index in [-0.39, 0.29) is 0 Å². The average molecular weight is 221 g/mol. The summed E-state index contributed by atoms with van der Waals surface area (Å²) in [6, 6.07) is 0. The zero-order chi connectivity index (χ0) is 11.6. The number of anilines is 1. The van der Waals surface area contributed by atoms with E-state index >= 15 is 0 Å². The zero-order valence-electron chi connectivity index (χ0n) is 9.26. The van der Waals surface area contributed by atoms with Crippen molar-refractivity contribution in [1.29, 1.82) is 0 Å². The second kappa shape index (κ2) is 4.08. The third kappa shape index (κ3) is 1.52. The molecule has 1 aromatic rings. The van der Waals surface area contributed by atoms with Crippen molar-refractivity contribution >= 4 is 11.8 Å². The first-order valence-corrected chi connectivity index (χ1v) is 5.48. The van der Waals surface area contributed by atoms with E-state index in [4.69, 9.17) is 0 Å². The summed E-state index contributed by atoms with van der Waals surface area (Å²) in [5.74, 6) is -0.109. The van der Waals surface area contributed by atoms with Crippen molar-refractivity contribution in [2.45, 2.75) is 31.7 Å². The van der Waals surface area contributed by atoms with E-state index < -0.39 is 11.5 Å². The van der Waals surface area contributed by atoms with Crippen LogP contribution in [0.3, 0.4) is 0 Å². The highest BCUT2D eigenvalue weighted by atomic mass is 16.4. The summed E-state index contributed by atoms with van der Waals surface area (Å²) in [6.07, 6.45) is 6.95. The van der Waals surface area contributed by atoms with Crippen molar-refractivity contribution in [3.63, 3.8) is 0 Å². The highest BCUT2D eigenvalue weighted by Gasteiger charge is 2.46. The largest absolute Gasteiger partial charge is 0.479 e. The summed E-state index contributed by atoms with van der Waals surface area (Å²) in [5, 5.41) is 9.41. The topological polar surface area (TPSA) is 66.3 Å². The summed E-state index contributed by atoms with van der Waals surface area (Å²) in [7, 11) is 0. The van der Waals surface area contributed by atoms with Gasteiger partial charge in [-0.05, 0) is 19.3 Å².